The van der Waals surface area contributed by atoms with E-state index in [1.807, 2.05) is 12.1 Å². The molecular weight excluding hydrogens is 160 g/mol. The highest BCUT2D eigenvalue weighted by atomic mass is 14.7. The third-order valence-electron chi connectivity index (χ3n) is 1.91. The summed E-state index contributed by atoms with van der Waals surface area (Å²) >= 11 is 0. The highest BCUT2D eigenvalue weighted by Gasteiger charge is 2.01. The topological polar surface area (TPSA) is 24.7 Å². The molecule has 0 aliphatic heterocycles. The molecule has 0 fully saturated rings. The van der Waals surface area contributed by atoms with Gasteiger partial charge in [0.25, 0.3) is 0 Å². The van der Waals surface area contributed by atoms with Crippen LogP contribution in [0.5, 0.6) is 0 Å². The third-order valence-corrected chi connectivity index (χ3v) is 1.91. The fourth-order valence-corrected chi connectivity index (χ4v) is 1.23. The van der Waals surface area contributed by atoms with Gasteiger partial charge in [-0.2, -0.15) is 0 Å². The molecule has 0 spiro atoms. The highest BCUT2D eigenvalue weighted by Crippen LogP contribution is 2.07. The van der Waals surface area contributed by atoms with E-state index < -0.39 is 0 Å². The molecule has 1 aromatic carbocycles. The van der Waals surface area contributed by atoms with Gasteiger partial charge >= 0.3 is 0 Å². The second-order valence-corrected chi connectivity index (χ2v) is 2.81. The molecule has 0 saturated heterocycles. The van der Waals surface area contributed by atoms with E-state index in [-0.39, 0.29) is 0 Å². The van der Waals surface area contributed by atoms with Crippen LogP contribution in [-0.4, -0.2) is 26.0 Å². The van der Waals surface area contributed by atoms with Gasteiger partial charge in [-0.1, -0.05) is 24.3 Å². The molecule has 0 radical (unpaired) electrons. The molecule has 0 N–H and O–H groups in total. The minimum Gasteiger partial charge on any atom is -0.294 e. The number of nitrogens with zero attached hydrogens (tertiary/aromatic N) is 2. The van der Waals surface area contributed by atoms with Crippen molar-refractivity contribution in [1.82, 2.24) is 0 Å². The van der Waals surface area contributed by atoms with Crippen molar-refractivity contribution in [3.05, 3.63) is 35.4 Å². The van der Waals surface area contributed by atoms with Gasteiger partial charge in [-0.25, -0.2) is 0 Å². The van der Waals surface area contributed by atoms with Crippen molar-refractivity contribution >= 4 is 11.9 Å². The molecule has 0 atom stereocenters. The standard InChI is InChI=1S/C11H14N2/c1-9-6-4-5-7-10(9)11(13-3)8-12-2/h4-8H,1-3H3. The predicted octanol–water partition coefficient (Wildman–Crippen LogP) is 2.11. The number of aryl methyl sites for hydroxylation is 1. The number of aliphatic imine (C=N–C) groups is 2. The van der Waals surface area contributed by atoms with Gasteiger partial charge < -0.3 is 0 Å². The number of rotatable bonds is 2. The maximum Gasteiger partial charge on any atom is 0.0823 e. The fraction of sp³-hybridized carbons (Fsp3) is 0.273. The second-order valence-electron chi connectivity index (χ2n) is 2.81. The van der Waals surface area contributed by atoms with Crippen LogP contribution in [0.1, 0.15) is 11.1 Å². The van der Waals surface area contributed by atoms with E-state index in [2.05, 4.69) is 29.0 Å². The Bertz CT molecular complexity index is 338. The molecule has 0 amide bonds. The van der Waals surface area contributed by atoms with Gasteiger partial charge in [0.05, 0.1) is 5.71 Å². The molecule has 2 heteroatoms. The number of benzene rings is 1. The Morgan fingerprint density at radius 3 is 2.46 bits per heavy atom. The summed E-state index contributed by atoms with van der Waals surface area (Å²) in [6.45, 7) is 2.07. The molecular formula is C11H14N2. The summed E-state index contributed by atoms with van der Waals surface area (Å²) in [5.74, 6) is 0. The minimum atomic E-state index is 0.931. The van der Waals surface area contributed by atoms with Crippen molar-refractivity contribution in [1.29, 1.82) is 0 Å². The van der Waals surface area contributed by atoms with Crippen molar-refractivity contribution in [3.8, 4) is 0 Å². The van der Waals surface area contributed by atoms with Crippen molar-refractivity contribution in [2.24, 2.45) is 9.98 Å². The monoisotopic (exact) mass is 174 g/mol. The van der Waals surface area contributed by atoms with Crippen LogP contribution in [-0.2, 0) is 0 Å². The second kappa shape index (κ2) is 4.55. The van der Waals surface area contributed by atoms with Crippen molar-refractivity contribution in [3.63, 3.8) is 0 Å². The summed E-state index contributed by atoms with van der Waals surface area (Å²) < 4.78 is 0. The zero-order valence-corrected chi connectivity index (χ0v) is 8.28. The van der Waals surface area contributed by atoms with Crippen LogP contribution in [0.3, 0.4) is 0 Å². The van der Waals surface area contributed by atoms with Gasteiger partial charge in [0, 0.05) is 25.9 Å². The van der Waals surface area contributed by atoms with E-state index in [0.29, 0.717) is 0 Å². The largest absolute Gasteiger partial charge is 0.294 e. The van der Waals surface area contributed by atoms with E-state index in [9.17, 15) is 0 Å². The van der Waals surface area contributed by atoms with Gasteiger partial charge in [-0.3, -0.25) is 9.98 Å². The highest BCUT2D eigenvalue weighted by molar-refractivity contribution is 6.38. The molecule has 68 valence electrons. The molecule has 1 aromatic rings. The summed E-state index contributed by atoms with van der Waals surface area (Å²) in [5, 5.41) is 0. The van der Waals surface area contributed by atoms with Crippen LogP contribution in [0.2, 0.25) is 0 Å². The van der Waals surface area contributed by atoms with Gasteiger partial charge in [0.15, 0.2) is 0 Å². The van der Waals surface area contributed by atoms with Crippen molar-refractivity contribution in [2.45, 2.75) is 6.92 Å². The Kier molecular flexibility index (Phi) is 3.38. The maximum atomic E-state index is 4.18. The third kappa shape index (κ3) is 2.25. The predicted molar refractivity (Wildman–Crippen MR) is 58.1 cm³/mol. The zero-order valence-electron chi connectivity index (χ0n) is 8.28. The lowest BCUT2D eigenvalue weighted by Crippen LogP contribution is -2.04. The van der Waals surface area contributed by atoms with E-state index in [4.69, 9.17) is 0 Å². The first-order chi connectivity index (χ1) is 6.29. The Hall–Kier alpha value is -1.44. The summed E-state index contributed by atoms with van der Waals surface area (Å²) in [7, 11) is 3.53. The van der Waals surface area contributed by atoms with Gasteiger partial charge in [-0.15, -0.1) is 0 Å². The summed E-state index contributed by atoms with van der Waals surface area (Å²) in [6, 6.07) is 8.16. The summed E-state index contributed by atoms with van der Waals surface area (Å²) in [6.07, 6.45) is 1.78. The van der Waals surface area contributed by atoms with E-state index in [1.165, 1.54) is 5.56 Å². The van der Waals surface area contributed by atoms with E-state index in [0.717, 1.165) is 11.3 Å². The van der Waals surface area contributed by atoms with Crippen LogP contribution in [0, 0.1) is 6.92 Å². The van der Waals surface area contributed by atoms with Crippen LogP contribution in [0.25, 0.3) is 0 Å². The molecule has 0 aliphatic carbocycles. The summed E-state index contributed by atoms with van der Waals surface area (Å²) in [5.41, 5.74) is 3.30. The fourth-order valence-electron chi connectivity index (χ4n) is 1.23. The molecule has 0 saturated carbocycles. The lowest BCUT2D eigenvalue weighted by Gasteiger charge is -2.03. The maximum absolute atomic E-state index is 4.18. The van der Waals surface area contributed by atoms with E-state index >= 15 is 0 Å². The lowest BCUT2D eigenvalue weighted by atomic mass is 10.1. The van der Waals surface area contributed by atoms with Crippen LogP contribution >= 0.6 is 0 Å². The van der Waals surface area contributed by atoms with Crippen LogP contribution in [0.15, 0.2) is 34.3 Å². The normalized spacial score (nSPS) is 12.4. The van der Waals surface area contributed by atoms with Crippen molar-refractivity contribution in [2.75, 3.05) is 14.1 Å². The lowest BCUT2D eigenvalue weighted by molar-refractivity contribution is 1.39. The van der Waals surface area contributed by atoms with Crippen molar-refractivity contribution < 1.29 is 0 Å². The average molecular weight is 174 g/mol. The Balaban J connectivity index is 3.13. The SMILES string of the molecule is CN=CC(=NC)c1ccccc1C. The Labute approximate surface area is 79.0 Å². The molecule has 1 rings (SSSR count). The average Bonchev–Trinajstić information content (AvgIpc) is 2.16. The molecule has 0 aliphatic rings. The zero-order chi connectivity index (χ0) is 9.68. The van der Waals surface area contributed by atoms with Gasteiger partial charge in [-0.05, 0) is 12.5 Å². The molecule has 0 aromatic heterocycles. The minimum absolute atomic E-state index is 0.931. The number of hydrogen-bond donors (Lipinski definition) is 0. The molecule has 13 heavy (non-hydrogen) atoms. The van der Waals surface area contributed by atoms with Crippen LogP contribution in [0.4, 0.5) is 0 Å². The van der Waals surface area contributed by atoms with Crippen LogP contribution < -0.4 is 0 Å². The quantitative estimate of drug-likeness (QED) is 0.613. The first-order valence-electron chi connectivity index (χ1n) is 4.24. The molecule has 0 heterocycles. The first-order valence-corrected chi connectivity index (χ1v) is 4.24. The van der Waals surface area contributed by atoms with Gasteiger partial charge in [0.2, 0.25) is 0 Å². The first kappa shape index (κ1) is 9.65. The number of hydrogen-bond acceptors (Lipinski definition) is 2. The van der Waals surface area contributed by atoms with E-state index in [1.54, 1.807) is 20.3 Å². The Morgan fingerprint density at radius 1 is 1.23 bits per heavy atom. The molecule has 0 bridgehead atoms. The summed E-state index contributed by atoms with van der Waals surface area (Å²) in [4.78, 5) is 8.14. The molecule has 0 unspecified atom stereocenters. The Morgan fingerprint density at radius 2 is 1.92 bits per heavy atom. The molecule has 2 nitrogen and oxygen atoms in total. The van der Waals surface area contributed by atoms with Gasteiger partial charge in [0.1, 0.15) is 0 Å². The smallest absolute Gasteiger partial charge is 0.0823 e.